The predicted molar refractivity (Wildman–Crippen MR) is 133 cm³/mol. The Morgan fingerprint density at radius 2 is 1.76 bits per heavy atom. The van der Waals surface area contributed by atoms with Crippen LogP contribution < -0.4 is 5.32 Å². The summed E-state index contributed by atoms with van der Waals surface area (Å²) in [6.45, 7) is 4.49. The molecule has 34 heavy (non-hydrogen) atoms. The van der Waals surface area contributed by atoms with Crippen molar-refractivity contribution in [1.82, 2.24) is 29.3 Å². The maximum absolute atomic E-state index is 12.5. The lowest BCUT2D eigenvalue weighted by molar-refractivity contribution is -0.131. The first-order valence-corrected chi connectivity index (χ1v) is 12.9. The molecule has 0 bridgehead atoms. The van der Waals surface area contributed by atoms with Gasteiger partial charge in [0.2, 0.25) is 11.8 Å². The zero-order valence-electron chi connectivity index (χ0n) is 19.6. The molecule has 2 amide bonds. The highest BCUT2D eigenvalue weighted by Gasteiger charge is 2.26. The van der Waals surface area contributed by atoms with Crippen molar-refractivity contribution in [3.8, 4) is 0 Å². The number of rotatable bonds is 10. The predicted octanol–water partition coefficient (Wildman–Crippen LogP) is 3.10. The van der Waals surface area contributed by atoms with Crippen LogP contribution in [0.4, 0.5) is 0 Å². The number of piperidine rings is 1. The van der Waals surface area contributed by atoms with Crippen LogP contribution >= 0.6 is 11.8 Å². The van der Waals surface area contributed by atoms with Gasteiger partial charge in [0, 0.05) is 69.4 Å². The second-order valence-corrected chi connectivity index (χ2v) is 9.67. The quantitative estimate of drug-likeness (QED) is 0.356. The van der Waals surface area contributed by atoms with Crippen LogP contribution in [0.2, 0.25) is 0 Å². The van der Waals surface area contributed by atoms with Gasteiger partial charge in [0.25, 0.3) is 0 Å². The van der Waals surface area contributed by atoms with Crippen LogP contribution in [-0.4, -0.2) is 60.5 Å². The summed E-state index contributed by atoms with van der Waals surface area (Å²) in [6, 6.07) is 10.4. The molecule has 3 aromatic rings. The summed E-state index contributed by atoms with van der Waals surface area (Å²) >= 11 is 1.58. The summed E-state index contributed by atoms with van der Waals surface area (Å²) in [6.07, 6.45) is 10.1. The average molecular weight is 481 g/mol. The fourth-order valence-corrected chi connectivity index (χ4v) is 5.08. The smallest absolute Gasteiger partial charge is 0.223 e. The Balaban J connectivity index is 1.28. The molecule has 0 radical (unpaired) electrons. The van der Waals surface area contributed by atoms with E-state index < -0.39 is 0 Å². The maximum atomic E-state index is 12.5. The molecular formula is C25H32N6O2S. The number of hydrogen-bond donors (Lipinski definition) is 1. The van der Waals surface area contributed by atoms with Gasteiger partial charge in [-0.3, -0.25) is 9.59 Å². The van der Waals surface area contributed by atoms with E-state index in [1.165, 1.54) is 12.5 Å². The minimum absolute atomic E-state index is 0.0422. The lowest BCUT2D eigenvalue weighted by atomic mass is 9.95. The fourth-order valence-electron chi connectivity index (χ4n) is 4.31. The van der Waals surface area contributed by atoms with Gasteiger partial charge in [-0.2, -0.15) is 0 Å². The van der Waals surface area contributed by atoms with Crippen molar-refractivity contribution in [3.63, 3.8) is 0 Å². The number of carbonyl (C=O) groups is 2. The van der Waals surface area contributed by atoms with Gasteiger partial charge in [0.1, 0.15) is 11.6 Å². The molecule has 0 saturated carbocycles. The number of hydrogen-bond acceptors (Lipinski definition) is 5. The highest BCUT2D eigenvalue weighted by molar-refractivity contribution is 7.99. The van der Waals surface area contributed by atoms with Crippen LogP contribution in [0.15, 0.2) is 55.1 Å². The molecule has 1 aromatic carbocycles. The molecule has 0 unspecified atom stereocenters. The molecule has 0 atom stereocenters. The van der Waals surface area contributed by atoms with E-state index in [-0.39, 0.29) is 11.8 Å². The van der Waals surface area contributed by atoms with Crippen LogP contribution in [0.1, 0.15) is 49.3 Å². The van der Waals surface area contributed by atoms with Crippen LogP contribution in [0.3, 0.4) is 0 Å². The minimum atomic E-state index is -0.0422. The molecule has 3 heterocycles. The number of likely N-dealkylation sites (tertiary alicyclic amines) is 1. The van der Waals surface area contributed by atoms with Gasteiger partial charge in [0.15, 0.2) is 0 Å². The lowest BCUT2D eigenvalue weighted by Crippen LogP contribution is -2.38. The van der Waals surface area contributed by atoms with Gasteiger partial charge in [-0.25, -0.2) is 9.97 Å². The van der Waals surface area contributed by atoms with Crippen molar-refractivity contribution in [2.24, 2.45) is 0 Å². The third-order valence-electron chi connectivity index (χ3n) is 6.15. The number of nitrogens with one attached hydrogen (secondary N) is 1. The van der Waals surface area contributed by atoms with E-state index in [0.29, 0.717) is 24.8 Å². The Labute approximate surface area is 204 Å². The second-order valence-electron chi connectivity index (χ2n) is 8.56. The van der Waals surface area contributed by atoms with Crippen LogP contribution in [0.25, 0.3) is 0 Å². The van der Waals surface area contributed by atoms with Gasteiger partial charge in [-0.05, 0) is 18.4 Å². The normalized spacial score (nSPS) is 14.3. The Morgan fingerprint density at radius 1 is 1.03 bits per heavy atom. The highest BCUT2D eigenvalue weighted by atomic mass is 32.2. The summed E-state index contributed by atoms with van der Waals surface area (Å²) in [5.74, 6) is 3.85. The number of aromatic nitrogens is 4. The summed E-state index contributed by atoms with van der Waals surface area (Å²) < 4.78 is 4.38. The summed E-state index contributed by atoms with van der Waals surface area (Å²) in [4.78, 5) is 34.7. The van der Waals surface area contributed by atoms with Crippen LogP contribution in [0.5, 0.6) is 0 Å². The third-order valence-corrected chi connectivity index (χ3v) is 6.99. The van der Waals surface area contributed by atoms with E-state index in [0.717, 1.165) is 49.9 Å². The van der Waals surface area contributed by atoms with Crippen LogP contribution in [-0.2, 0) is 22.7 Å². The van der Waals surface area contributed by atoms with Crippen molar-refractivity contribution < 1.29 is 9.59 Å². The van der Waals surface area contributed by atoms with Gasteiger partial charge in [-0.1, -0.05) is 30.3 Å². The first-order valence-electron chi connectivity index (χ1n) is 11.7. The van der Waals surface area contributed by atoms with Gasteiger partial charge < -0.3 is 19.4 Å². The van der Waals surface area contributed by atoms with E-state index in [2.05, 4.69) is 48.7 Å². The summed E-state index contributed by atoms with van der Waals surface area (Å²) in [5, 5.41) is 2.74. The Kier molecular flexibility index (Phi) is 8.41. The number of nitrogens with zero attached hydrogens (tertiary/aromatic N) is 5. The Hall–Kier alpha value is -3.07. The molecule has 2 aromatic heterocycles. The van der Waals surface area contributed by atoms with Crippen molar-refractivity contribution in [1.29, 1.82) is 0 Å². The third kappa shape index (κ3) is 6.50. The van der Waals surface area contributed by atoms with E-state index in [1.807, 2.05) is 35.8 Å². The summed E-state index contributed by atoms with van der Waals surface area (Å²) in [7, 11) is 0. The van der Waals surface area contributed by atoms with Crippen molar-refractivity contribution in [3.05, 3.63) is 72.3 Å². The Morgan fingerprint density at radius 3 is 2.53 bits per heavy atom. The molecule has 1 N–H and O–H groups in total. The van der Waals surface area contributed by atoms with Crippen LogP contribution in [0, 0.1) is 0 Å². The number of amides is 2. The van der Waals surface area contributed by atoms with Gasteiger partial charge >= 0.3 is 0 Å². The molecule has 1 fully saturated rings. The lowest BCUT2D eigenvalue weighted by Gasteiger charge is -2.32. The molecule has 1 aliphatic heterocycles. The van der Waals surface area contributed by atoms with Gasteiger partial charge in [-0.15, -0.1) is 11.8 Å². The van der Waals surface area contributed by atoms with E-state index in [9.17, 15) is 9.59 Å². The monoisotopic (exact) mass is 480 g/mol. The molecule has 8 nitrogen and oxygen atoms in total. The average Bonchev–Trinajstić information content (AvgIpc) is 3.49. The molecule has 1 saturated heterocycles. The van der Waals surface area contributed by atoms with E-state index >= 15 is 0 Å². The van der Waals surface area contributed by atoms with Crippen molar-refractivity contribution in [2.75, 3.05) is 24.7 Å². The molecule has 180 valence electrons. The largest absolute Gasteiger partial charge is 0.347 e. The fraction of sp³-hybridized carbons (Fsp3) is 0.440. The zero-order chi connectivity index (χ0) is 23.8. The molecule has 9 heteroatoms. The second kappa shape index (κ2) is 11.9. The topological polar surface area (TPSA) is 85.1 Å². The first kappa shape index (κ1) is 24.1. The molecule has 0 aliphatic carbocycles. The molecule has 1 aliphatic rings. The van der Waals surface area contributed by atoms with Gasteiger partial charge in [0.05, 0.1) is 12.4 Å². The minimum Gasteiger partial charge on any atom is -0.347 e. The number of imidazole rings is 2. The van der Waals surface area contributed by atoms with Crippen molar-refractivity contribution in [2.45, 2.75) is 45.2 Å². The zero-order valence-corrected chi connectivity index (χ0v) is 20.4. The standard InChI is InChI=1S/C25H32N6O2S/c1-20(32)28-19-34-16-9-24(33)29-12-7-22(8-13-29)25-27-11-15-31(25)18-23-26-10-14-30(23)17-21-5-3-2-4-6-21/h2-6,10-11,14-15,22H,7-9,12-13,16-19H2,1H3,(H,28,32). The molecule has 4 rings (SSSR count). The summed E-state index contributed by atoms with van der Waals surface area (Å²) in [5.41, 5.74) is 1.25. The number of thioether (sulfide) groups is 1. The number of benzene rings is 1. The van der Waals surface area contributed by atoms with E-state index in [4.69, 9.17) is 0 Å². The Bertz CT molecular complexity index is 1070. The van der Waals surface area contributed by atoms with E-state index in [1.54, 1.807) is 11.8 Å². The maximum Gasteiger partial charge on any atom is 0.223 e. The number of carbonyl (C=O) groups excluding carboxylic acids is 2. The van der Waals surface area contributed by atoms with Crippen molar-refractivity contribution >= 4 is 23.6 Å². The highest BCUT2D eigenvalue weighted by Crippen LogP contribution is 2.27. The SMILES string of the molecule is CC(=O)NCSCCC(=O)N1CCC(c2nccn2Cc2nccn2Cc2ccccc2)CC1. The molecular weight excluding hydrogens is 448 g/mol. The first-order chi connectivity index (χ1) is 16.6. The molecule has 0 spiro atoms.